The van der Waals surface area contributed by atoms with Crippen LogP contribution in [0.15, 0.2) is 178 Å². The van der Waals surface area contributed by atoms with E-state index in [9.17, 15) is 4.39 Å². The highest BCUT2D eigenvalue weighted by molar-refractivity contribution is 14.2. The third kappa shape index (κ3) is 6.21. The molecule has 0 aliphatic heterocycles. The van der Waals surface area contributed by atoms with E-state index in [1.165, 1.54) is 15.7 Å². The summed E-state index contributed by atoms with van der Waals surface area (Å²) < 4.78 is 29.2. The monoisotopic (exact) mass is 801 g/mol. The molecule has 0 aliphatic carbocycles. The number of para-hydroxylation sites is 4. The molecule has 0 amide bonds. The normalized spacial score (nSPS) is 12.9. The second-order valence-electron chi connectivity index (χ2n) is 13.0. The maximum absolute atomic E-state index is 13.9. The molecule has 2 aromatic heterocycles. The van der Waals surface area contributed by atoms with Crippen LogP contribution in [0.4, 0.5) is 4.39 Å². The molecule has 5 heteroatoms. The predicted molar refractivity (Wildman–Crippen MR) is 229 cm³/mol. The van der Waals surface area contributed by atoms with Gasteiger partial charge in [0.2, 0.25) is 0 Å². The second kappa shape index (κ2) is 13.9. The number of fused-ring (bicyclic) bond motifs is 6. The Hall–Kier alpha value is -5.92. The van der Waals surface area contributed by atoms with Crippen molar-refractivity contribution in [2.45, 2.75) is 13.8 Å². The molecule has 0 aliphatic rings. The van der Waals surface area contributed by atoms with E-state index < -0.39 is 20.7 Å². The maximum atomic E-state index is 13.9. The number of rotatable bonds is 7. The Morgan fingerprint density at radius 2 is 1.08 bits per heavy atom. The molecular formula is C48H33FINO2. The molecule has 2 heterocycles. The third-order valence-corrected chi connectivity index (χ3v) is 12.8. The van der Waals surface area contributed by atoms with Crippen molar-refractivity contribution in [1.82, 2.24) is 0 Å². The van der Waals surface area contributed by atoms with Gasteiger partial charge in [-0.2, -0.15) is 0 Å². The van der Waals surface area contributed by atoms with Gasteiger partial charge in [0.1, 0.15) is 31.8 Å². The van der Waals surface area contributed by atoms with Crippen molar-refractivity contribution >= 4 is 77.5 Å². The van der Waals surface area contributed by atoms with Crippen LogP contribution in [0.25, 0.3) is 69.7 Å². The molecule has 53 heavy (non-hydrogen) atoms. The number of benzene rings is 7. The van der Waals surface area contributed by atoms with Crippen LogP contribution in [0.2, 0.25) is 0 Å². The standard InChI is InChI=1S/C48H33FINO2/c1-3-43(31-23-25-36(49)26-24-31)50-48(32-13-5-4-6-14-32)51-30(2)33-27-34(37-17-11-19-41-39-15-7-9-21-44(39)52-46(37)41)29-35(28-33)38-18-12-20-42-40-16-8-10-22-45(40)53-47(38)42/h3-29H,1-2H3/b43-3+,51-30?. The maximum Gasteiger partial charge on any atom is 0.143 e. The summed E-state index contributed by atoms with van der Waals surface area (Å²) in [6.07, 6.45) is 2.13. The second-order valence-corrected chi connectivity index (χ2v) is 15.7. The molecular weight excluding hydrogens is 768 g/mol. The van der Waals surface area contributed by atoms with E-state index in [0.29, 0.717) is 0 Å². The van der Waals surface area contributed by atoms with Crippen molar-refractivity contribution in [3.8, 4) is 22.3 Å². The molecule has 0 saturated carbocycles. The molecule has 0 radical (unpaired) electrons. The van der Waals surface area contributed by atoms with Crippen molar-refractivity contribution < 1.29 is 13.2 Å². The summed E-state index contributed by atoms with van der Waals surface area (Å²) in [6, 6.07) is 52.9. The highest BCUT2D eigenvalue weighted by atomic mass is 127. The van der Waals surface area contributed by atoms with E-state index in [-0.39, 0.29) is 5.82 Å². The van der Waals surface area contributed by atoms with Crippen molar-refractivity contribution in [3.63, 3.8) is 0 Å². The van der Waals surface area contributed by atoms with Crippen LogP contribution in [-0.4, -0.2) is 9.34 Å². The van der Waals surface area contributed by atoms with Gasteiger partial charge in [-0.15, -0.1) is 0 Å². The highest BCUT2D eigenvalue weighted by Gasteiger charge is 2.18. The van der Waals surface area contributed by atoms with Gasteiger partial charge in [0.25, 0.3) is 0 Å². The van der Waals surface area contributed by atoms with Gasteiger partial charge in [0.05, 0.1) is 0 Å². The lowest BCUT2D eigenvalue weighted by Gasteiger charge is -2.13. The summed E-state index contributed by atoms with van der Waals surface area (Å²) in [7, 11) is 0. The quantitative estimate of drug-likeness (QED) is 0.119. The summed E-state index contributed by atoms with van der Waals surface area (Å²) in [6.45, 7) is 4.14. The Labute approximate surface area is 316 Å². The van der Waals surface area contributed by atoms with Crippen molar-refractivity contribution in [1.29, 1.82) is 0 Å². The van der Waals surface area contributed by atoms with Gasteiger partial charge in [-0.05, 0) is 78.6 Å². The lowest BCUT2D eigenvalue weighted by atomic mass is 9.93. The Bertz CT molecular complexity index is 2780. The molecule has 7 aromatic carbocycles. The Balaban J connectivity index is 1.26. The van der Waals surface area contributed by atoms with Gasteiger partial charge in [-0.1, -0.05) is 142 Å². The Morgan fingerprint density at radius 3 is 1.64 bits per heavy atom. The molecule has 9 aromatic rings. The van der Waals surface area contributed by atoms with Crippen LogP contribution >= 0.6 is 20.7 Å². The van der Waals surface area contributed by atoms with Gasteiger partial charge in [-0.3, -0.25) is 0 Å². The lowest BCUT2D eigenvalue weighted by molar-refractivity contribution is 0.627. The molecule has 3 nitrogen and oxygen atoms in total. The lowest BCUT2D eigenvalue weighted by Crippen LogP contribution is -2.03. The summed E-state index contributed by atoms with van der Waals surface area (Å²) in [5.41, 5.74) is 11.5. The fourth-order valence-electron chi connectivity index (χ4n) is 7.01. The van der Waals surface area contributed by atoms with Crippen LogP contribution in [0.1, 0.15) is 30.5 Å². The van der Waals surface area contributed by atoms with Crippen LogP contribution in [-0.2, 0) is 0 Å². The zero-order chi connectivity index (χ0) is 35.9. The van der Waals surface area contributed by atoms with Crippen molar-refractivity contribution in [2.24, 2.45) is 4.99 Å². The van der Waals surface area contributed by atoms with Gasteiger partial charge < -0.3 is 8.83 Å². The number of aliphatic imine (C=N–C) groups is 1. The molecule has 0 spiro atoms. The highest BCUT2D eigenvalue weighted by Crippen LogP contribution is 2.41. The number of allylic oxidation sites excluding steroid dienone is 1. The first-order valence-electron chi connectivity index (χ1n) is 17.6. The van der Waals surface area contributed by atoms with Crippen molar-refractivity contribution in [2.75, 3.05) is 0 Å². The first-order valence-corrected chi connectivity index (χ1v) is 19.7. The largest absolute Gasteiger partial charge is 0.455 e. The van der Waals surface area contributed by atoms with Crippen LogP contribution < -0.4 is 0 Å². The minimum atomic E-state index is -0.739. The van der Waals surface area contributed by atoms with Gasteiger partial charge in [0, 0.05) is 47.5 Å². The average molecular weight is 802 g/mol. The van der Waals surface area contributed by atoms with E-state index in [2.05, 4.69) is 116 Å². The third-order valence-electron chi connectivity index (χ3n) is 9.62. The molecule has 0 unspecified atom stereocenters. The zero-order valence-electron chi connectivity index (χ0n) is 29.1. The summed E-state index contributed by atoms with van der Waals surface area (Å²) in [5.74, 6) is -0.240. The van der Waals surface area contributed by atoms with E-state index in [1.807, 2.05) is 49.4 Å². The summed E-state index contributed by atoms with van der Waals surface area (Å²) in [5, 5.41) is 4.35. The summed E-state index contributed by atoms with van der Waals surface area (Å²) >= 11 is -0.739. The predicted octanol–water partition coefficient (Wildman–Crippen LogP) is 14.0. The number of hydrogen-bond acceptors (Lipinski definition) is 3. The van der Waals surface area contributed by atoms with Gasteiger partial charge in [-0.25, -0.2) is 9.38 Å². The minimum Gasteiger partial charge on any atom is -0.455 e. The number of halogens is 2. The topological polar surface area (TPSA) is 38.6 Å². The van der Waals surface area contributed by atoms with Crippen molar-refractivity contribution in [3.05, 3.63) is 186 Å². The molecule has 0 N–H and O–H groups in total. The van der Waals surface area contributed by atoms with E-state index in [4.69, 9.17) is 13.8 Å². The number of nitrogens with zero attached hydrogens (tertiary/aromatic N) is 1. The molecule has 0 fully saturated rings. The SMILES string of the molecule is C/C=C(/I=C(N=C(C)c1cc(-c2cccc3c2oc2ccccc23)cc(-c2cccc3c2oc2ccccc23)c1)c1ccccc1)c1ccc(F)cc1. The molecule has 256 valence electrons. The average Bonchev–Trinajstić information content (AvgIpc) is 3.79. The fourth-order valence-corrected chi connectivity index (χ4v) is 9.69. The molecule has 0 saturated heterocycles. The van der Waals surface area contributed by atoms with Crippen LogP contribution in [0.5, 0.6) is 0 Å². The zero-order valence-corrected chi connectivity index (χ0v) is 31.3. The minimum absolute atomic E-state index is 0.240. The number of hydrogen-bond donors (Lipinski definition) is 0. The van der Waals surface area contributed by atoms with E-state index >= 15 is 0 Å². The first-order chi connectivity index (χ1) is 26.0. The van der Waals surface area contributed by atoms with Gasteiger partial charge in [0.15, 0.2) is 0 Å². The van der Waals surface area contributed by atoms with E-state index in [1.54, 1.807) is 0 Å². The van der Waals surface area contributed by atoms with Crippen LogP contribution in [0.3, 0.4) is 0 Å². The fraction of sp³-hybridized carbons (Fsp3) is 0.0417. The van der Waals surface area contributed by atoms with E-state index in [0.717, 1.165) is 92.2 Å². The smallest absolute Gasteiger partial charge is 0.143 e. The first kappa shape index (κ1) is 33.0. The van der Waals surface area contributed by atoms with Gasteiger partial charge >= 0.3 is 0 Å². The Kier molecular flexibility index (Phi) is 8.64. The summed E-state index contributed by atoms with van der Waals surface area (Å²) in [4.78, 5) is 5.43. The molecule has 0 bridgehead atoms. The van der Waals surface area contributed by atoms with Crippen LogP contribution in [0, 0.1) is 5.82 Å². The molecule has 0 atom stereocenters. The molecule has 9 rings (SSSR count). The number of furan rings is 2. The Morgan fingerprint density at radius 1 is 0.547 bits per heavy atom.